The normalized spacial score (nSPS) is 20.3. The molecule has 1 saturated heterocycles. The summed E-state index contributed by atoms with van der Waals surface area (Å²) in [6, 6.07) is 8.09. The first kappa shape index (κ1) is 24.8. The lowest BCUT2D eigenvalue weighted by molar-refractivity contribution is -0.123. The predicted octanol–water partition coefficient (Wildman–Crippen LogP) is 2.77. The Hall–Kier alpha value is -3.31. The molecule has 2 aromatic carbocycles. The van der Waals surface area contributed by atoms with Gasteiger partial charge in [-0.05, 0) is 50.5 Å². The van der Waals surface area contributed by atoms with Crippen LogP contribution in [0.2, 0.25) is 0 Å². The molecule has 2 amide bonds. The summed E-state index contributed by atoms with van der Waals surface area (Å²) >= 11 is 0. The highest BCUT2D eigenvalue weighted by Gasteiger charge is 2.35. The second kappa shape index (κ2) is 9.74. The van der Waals surface area contributed by atoms with Crippen molar-refractivity contribution in [3.63, 3.8) is 0 Å². The zero-order chi connectivity index (χ0) is 25.3. The lowest BCUT2D eigenvalue weighted by Crippen LogP contribution is -2.44. The van der Waals surface area contributed by atoms with E-state index in [4.69, 9.17) is 14.2 Å². The molecule has 2 N–H and O–H groups in total. The zero-order valence-electron chi connectivity index (χ0n) is 20.1. The summed E-state index contributed by atoms with van der Waals surface area (Å²) in [6.07, 6.45) is 0.401. The predicted molar refractivity (Wildman–Crippen MR) is 130 cm³/mol. The van der Waals surface area contributed by atoms with E-state index in [2.05, 4.69) is 10.6 Å². The number of ether oxygens (including phenoxy) is 3. The minimum atomic E-state index is -3.89. The SMILES string of the molecule is COc1ccc(NC(=O)[C@H]2CCCN(S(=O)(=O)c3cc4c(cc3C)NC(=O)[C@@H](C)O4)C2)cc1OC. The van der Waals surface area contributed by atoms with Gasteiger partial charge in [0.2, 0.25) is 15.9 Å². The van der Waals surface area contributed by atoms with E-state index in [0.29, 0.717) is 53.6 Å². The Bertz CT molecular complexity index is 1260. The van der Waals surface area contributed by atoms with Gasteiger partial charge in [-0.3, -0.25) is 9.59 Å². The summed E-state index contributed by atoms with van der Waals surface area (Å²) in [5.74, 6) is 0.264. The van der Waals surface area contributed by atoms with Gasteiger partial charge in [0.1, 0.15) is 5.75 Å². The molecule has 2 heterocycles. The van der Waals surface area contributed by atoms with Crippen LogP contribution in [0.25, 0.3) is 0 Å². The average molecular weight is 504 g/mol. The van der Waals surface area contributed by atoms with Crippen molar-refractivity contribution in [2.75, 3.05) is 37.9 Å². The van der Waals surface area contributed by atoms with Gasteiger partial charge >= 0.3 is 0 Å². The molecule has 11 heteroatoms. The fraction of sp³-hybridized carbons (Fsp3) is 0.417. The first-order valence-corrected chi connectivity index (χ1v) is 12.7. The molecule has 2 aliphatic heterocycles. The Labute approximate surface area is 204 Å². The third kappa shape index (κ3) is 4.92. The molecular formula is C24H29N3O7S. The maximum absolute atomic E-state index is 13.5. The fourth-order valence-electron chi connectivity index (χ4n) is 4.29. The standard InChI is InChI=1S/C24H29N3O7S/c1-14-10-18-20(34-15(2)23(28)26-18)12-22(14)35(30,31)27-9-5-6-16(13-27)24(29)25-17-7-8-19(32-3)21(11-17)33-4/h7-8,10-12,15-16H,5-6,9,13H2,1-4H3,(H,25,29)(H,26,28)/t15-,16+/m1/s1. The molecule has 2 aliphatic rings. The van der Waals surface area contributed by atoms with Crippen molar-refractivity contribution in [1.29, 1.82) is 0 Å². The van der Waals surface area contributed by atoms with Crippen molar-refractivity contribution in [2.24, 2.45) is 5.92 Å². The van der Waals surface area contributed by atoms with E-state index in [0.717, 1.165) is 0 Å². The van der Waals surface area contributed by atoms with E-state index < -0.39 is 22.0 Å². The number of hydrogen-bond acceptors (Lipinski definition) is 7. The first-order chi connectivity index (χ1) is 16.6. The number of hydrogen-bond donors (Lipinski definition) is 2. The van der Waals surface area contributed by atoms with E-state index in [1.807, 2.05) is 0 Å². The van der Waals surface area contributed by atoms with Gasteiger partial charge in [0.25, 0.3) is 5.91 Å². The lowest BCUT2D eigenvalue weighted by atomic mass is 9.98. The molecule has 0 unspecified atom stereocenters. The van der Waals surface area contributed by atoms with Crippen LogP contribution in [0.1, 0.15) is 25.3 Å². The molecule has 0 spiro atoms. The second-order valence-electron chi connectivity index (χ2n) is 8.62. The van der Waals surface area contributed by atoms with Gasteiger partial charge in [-0.2, -0.15) is 4.31 Å². The number of carbonyl (C=O) groups excluding carboxylic acids is 2. The Morgan fingerprint density at radius 2 is 1.91 bits per heavy atom. The van der Waals surface area contributed by atoms with E-state index >= 15 is 0 Å². The van der Waals surface area contributed by atoms with E-state index in [1.54, 1.807) is 38.1 Å². The highest BCUT2D eigenvalue weighted by Crippen LogP contribution is 2.36. The maximum atomic E-state index is 13.5. The van der Waals surface area contributed by atoms with Crippen LogP contribution in [0.3, 0.4) is 0 Å². The molecule has 2 aromatic rings. The largest absolute Gasteiger partial charge is 0.493 e. The molecule has 0 aromatic heterocycles. The number of amides is 2. The molecule has 2 atom stereocenters. The van der Waals surface area contributed by atoms with Gasteiger partial charge in [0.15, 0.2) is 17.6 Å². The van der Waals surface area contributed by atoms with E-state index in [9.17, 15) is 18.0 Å². The van der Waals surface area contributed by atoms with Crippen molar-refractivity contribution in [3.05, 3.63) is 35.9 Å². The molecule has 0 radical (unpaired) electrons. The Kier molecular flexibility index (Phi) is 6.91. The minimum absolute atomic E-state index is 0.0615. The van der Waals surface area contributed by atoms with E-state index in [-0.39, 0.29) is 23.3 Å². The van der Waals surface area contributed by atoms with E-state index in [1.165, 1.54) is 24.6 Å². The van der Waals surface area contributed by atoms with Gasteiger partial charge < -0.3 is 24.8 Å². The van der Waals surface area contributed by atoms with Gasteiger partial charge in [-0.1, -0.05) is 0 Å². The zero-order valence-corrected chi connectivity index (χ0v) is 20.9. The Morgan fingerprint density at radius 1 is 1.17 bits per heavy atom. The number of fused-ring (bicyclic) bond motifs is 1. The molecule has 1 fully saturated rings. The highest BCUT2D eigenvalue weighted by atomic mass is 32.2. The summed E-state index contributed by atoms with van der Waals surface area (Å²) in [7, 11) is -0.855. The minimum Gasteiger partial charge on any atom is -0.493 e. The molecule has 0 aliphatic carbocycles. The third-order valence-corrected chi connectivity index (χ3v) is 8.24. The van der Waals surface area contributed by atoms with Crippen LogP contribution in [-0.2, 0) is 19.6 Å². The van der Waals surface area contributed by atoms with Crippen molar-refractivity contribution >= 4 is 33.2 Å². The molecule has 0 saturated carbocycles. The van der Waals surface area contributed by atoms with Crippen LogP contribution in [0.5, 0.6) is 17.2 Å². The number of aryl methyl sites for hydroxylation is 1. The fourth-order valence-corrected chi connectivity index (χ4v) is 6.04. The van der Waals surface area contributed by atoms with Gasteiger partial charge in [0, 0.05) is 30.9 Å². The number of methoxy groups -OCH3 is 2. The molecule has 0 bridgehead atoms. The average Bonchev–Trinajstić information content (AvgIpc) is 2.84. The third-order valence-electron chi connectivity index (χ3n) is 6.23. The van der Waals surface area contributed by atoms with Crippen LogP contribution in [0.4, 0.5) is 11.4 Å². The quantitative estimate of drug-likeness (QED) is 0.621. The van der Waals surface area contributed by atoms with Crippen molar-refractivity contribution in [1.82, 2.24) is 4.31 Å². The Morgan fingerprint density at radius 3 is 2.63 bits per heavy atom. The van der Waals surface area contributed by atoms with Crippen LogP contribution in [-0.4, -0.2) is 58.0 Å². The number of carbonyl (C=O) groups is 2. The Balaban J connectivity index is 1.52. The van der Waals surface area contributed by atoms with Crippen molar-refractivity contribution < 1.29 is 32.2 Å². The first-order valence-electron chi connectivity index (χ1n) is 11.3. The monoisotopic (exact) mass is 503 g/mol. The van der Waals surface area contributed by atoms with Crippen LogP contribution in [0.15, 0.2) is 35.2 Å². The number of nitrogens with zero attached hydrogens (tertiary/aromatic N) is 1. The van der Waals surface area contributed by atoms with Crippen molar-refractivity contribution in [2.45, 2.75) is 37.7 Å². The van der Waals surface area contributed by atoms with Gasteiger partial charge in [-0.25, -0.2) is 8.42 Å². The summed E-state index contributed by atoms with van der Waals surface area (Å²) < 4.78 is 44.5. The summed E-state index contributed by atoms with van der Waals surface area (Å²) in [5, 5.41) is 5.58. The highest BCUT2D eigenvalue weighted by molar-refractivity contribution is 7.89. The summed E-state index contributed by atoms with van der Waals surface area (Å²) in [4.78, 5) is 25.0. The smallest absolute Gasteiger partial charge is 0.265 e. The van der Waals surface area contributed by atoms with Gasteiger partial charge in [-0.15, -0.1) is 0 Å². The van der Waals surface area contributed by atoms with Gasteiger partial charge in [0.05, 0.1) is 30.7 Å². The molecule has 4 rings (SSSR count). The summed E-state index contributed by atoms with van der Waals surface area (Å²) in [6.45, 7) is 3.64. The van der Waals surface area contributed by atoms with Crippen molar-refractivity contribution in [3.8, 4) is 17.2 Å². The molecule has 10 nitrogen and oxygen atoms in total. The lowest BCUT2D eigenvalue weighted by Gasteiger charge is -2.32. The molecular weight excluding hydrogens is 474 g/mol. The number of benzene rings is 2. The number of anilines is 2. The topological polar surface area (TPSA) is 123 Å². The number of nitrogens with one attached hydrogen (secondary N) is 2. The van der Waals surface area contributed by atoms with Crippen LogP contribution in [0, 0.1) is 12.8 Å². The number of rotatable bonds is 6. The number of sulfonamides is 1. The van der Waals surface area contributed by atoms with Crippen LogP contribution < -0.4 is 24.8 Å². The number of piperidine rings is 1. The maximum Gasteiger partial charge on any atom is 0.265 e. The summed E-state index contributed by atoms with van der Waals surface area (Å²) in [5.41, 5.74) is 1.46. The molecule has 188 valence electrons. The van der Waals surface area contributed by atoms with Crippen LogP contribution >= 0.6 is 0 Å². The molecule has 35 heavy (non-hydrogen) atoms. The second-order valence-corrected chi connectivity index (χ2v) is 10.5.